The summed E-state index contributed by atoms with van der Waals surface area (Å²) in [5.41, 5.74) is 0.316. The second-order valence-electron chi connectivity index (χ2n) is 4.83. The van der Waals surface area contributed by atoms with Gasteiger partial charge in [-0.3, -0.25) is 4.79 Å². The molecule has 23 heavy (non-hydrogen) atoms. The summed E-state index contributed by atoms with van der Waals surface area (Å²) < 4.78 is 44.8. The first kappa shape index (κ1) is 18.4. The average Bonchev–Trinajstić information content (AvgIpc) is 2.50. The van der Waals surface area contributed by atoms with E-state index in [0.717, 1.165) is 4.90 Å². The van der Waals surface area contributed by atoms with Gasteiger partial charge >= 0.3 is 0 Å². The van der Waals surface area contributed by atoms with Crippen molar-refractivity contribution in [3.63, 3.8) is 0 Å². The average molecular weight is 457 g/mol. The Balaban J connectivity index is 2.32. The molecule has 0 N–H and O–H groups in total. The van der Waals surface area contributed by atoms with Gasteiger partial charge in [0.15, 0.2) is 0 Å². The summed E-state index contributed by atoms with van der Waals surface area (Å²) in [5.74, 6) is -0.289. The molecule has 1 aliphatic heterocycles. The van der Waals surface area contributed by atoms with Gasteiger partial charge in [0.1, 0.15) is 17.5 Å². The Morgan fingerprint density at radius 3 is 2.83 bits per heavy atom. The summed E-state index contributed by atoms with van der Waals surface area (Å²) in [5, 5.41) is 0. The minimum atomic E-state index is -2.68. The zero-order valence-corrected chi connectivity index (χ0v) is 15.2. The van der Waals surface area contributed by atoms with Crippen LogP contribution >= 0.6 is 34.4 Å². The van der Waals surface area contributed by atoms with E-state index in [1.165, 1.54) is 23.9 Å². The molecule has 0 spiro atoms. The third-order valence-electron chi connectivity index (χ3n) is 3.22. The number of halogens is 4. The number of carbonyl (C=O) groups excluding carboxylic acids is 1. The number of benzene rings is 1. The van der Waals surface area contributed by atoms with E-state index < -0.39 is 28.6 Å². The van der Waals surface area contributed by atoms with Gasteiger partial charge in [0.2, 0.25) is 5.91 Å². The van der Waals surface area contributed by atoms with E-state index >= 15 is 0 Å². The highest BCUT2D eigenvalue weighted by molar-refractivity contribution is 14.1. The molecule has 0 bridgehead atoms. The van der Waals surface area contributed by atoms with Crippen molar-refractivity contribution in [2.75, 3.05) is 18.7 Å². The second kappa shape index (κ2) is 8.27. The van der Waals surface area contributed by atoms with Crippen LogP contribution in [0, 0.1) is 5.82 Å². The summed E-state index contributed by atoms with van der Waals surface area (Å²) >= 11 is 3.36. The summed E-state index contributed by atoms with van der Waals surface area (Å²) in [4.78, 5) is 13.1. The Morgan fingerprint density at radius 2 is 2.22 bits per heavy atom. The summed E-state index contributed by atoms with van der Waals surface area (Å²) in [6.07, 6.45) is 1.18. The van der Waals surface area contributed by atoms with E-state index in [4.69, 9.17) is 4.74 Å². The molecule has 1 amide bonds. The molecule has 1 unspecified atom stereocenters. The van der Waals surface area contributed by atoms with Crippen molar-refractivity contribution in [3.05, 3.63) is 35.7 Å². The molecule has 1 atom stereocenters. The van der Waals surface area contributed by atoms with Crippen LogP contribution in [-0.4, -0.2) is 39.9 Å². The lowest BCUT2D eigenvalue weighted by Gasteiger charge is -2.31. The predicted octanol–water partition coefficient (Wildman–Crippen LogP) is 4.17. The first-order chi connectivity index (χ1) is 10.9. The molecule has 8 heteroatoms. The Hall–Kier alpha value is -0.900. The fourth-order valence-corrected chi connectivity index (χ4v) is 3.06. The predicted molar refractivity (Wildman–Crippen MR) is 93.5 cm³/mol. The van der Waals surface area contributed by atoms with E-state index in [9.17, 15) is 18.0 Å². The minimum absolute atomic E-state index is 0.124. The van der Waals surface area contributed by atoms with Crippen molar-refractivity contribution in [2.45, 2.75) is 16.8 Å². The second-order valence-corrected chi connectivity index (χ2v) is 7.14. The lowest BCUT2D eigenvalue weighted by atomic mass is 10.0. The van der Waals surface area contributed by atoms with E-state index in [1.54, 1.807) is 12.1 Å². The maximum atomic E-state index is 14.3. The standard InChI is InChI=1S/C15H15F3INO2S/c1-23-8-22-9-2-3-10(11(16)6-9)13-5-4-12(19)15(21)20(13)7-14(17)18/h2-3,5-6,12,14H,4,7-8H2,1H3. The smallest absolute Gasteiger partial charge is 0.256 e. The molecule has 0 radical (unpaired) electrons. The van der Waals surface area contributed by atoms with E-state index in [0.29, 0.717) is 18.1 Å². The van der Waals surface area contributed by atoms with Gasteiger partial charge in [0, 0.05) is 11.6 Å². The lowest BCUT2D eigenvalue weighted by molar-refractivity contribution is -0.128. The van der Waals surface area contributed by atoms with E-state index in [2.05, 4.69) is 0 Å². The number of allylic oxidation sites excluding steroid dienone is 1. The topological polar surface area (TPSA) is 29.5 Å². The molecular formula is C15H15F3INO2S. The highest BCUT2D eigenvalue weighted by Gasteiger charge is 2.32. The number of rotatable bonds is 6. The Bertz CT molecular complexity index is 612. The van der Waals surface area contributed by atoms with Gasteiger partial charge in [0.05, 0.1) is 16.2 Å². The van der Waals surface area contributed by atoms with Gasteiger partial charge in [-0.25, -0.2) is 13.2 Å². The molecular weight excluding hydrogens is 442 g/mol. The van der Waals surface area contributed by atoms with Crippen molar-refractivity contribution < 1.29 is 22.7 Å². The van der Waals surface area contributed by atoms with Crippen LogP contribution in [0.25, 0.3) is 5.70 Å². The molecule has 1 aliphatic rings. The van der Waals surface area contributed by atoms with Crippen LogP contribution in [0.3, 0.4) is 0 Å². The molecule has 126 valence electrons. The van der Waals surface area contributed by atoms with Crippen LogP contribution in [0.15, 0.2) is 24.3 Å². The van der Waals surface area contributed by atoms with Crippen molar-refractivity contribution in [2.24, 2.45) is 0 Å². The fourth-order valence-electron chi connectivity index (χ4n) is 2.22. The number of hydrogen-bond donors (Lipinski definition) is 0. The number of carbonyl (C=O) groups is 1. The van der Waals surface area contributed by atoms with Crippen molar-refractivity contribution in [1.29, 1.82) is 0 Å². The quantitative estimate of drug-likeness (QED) is 0.365. The lowest BCUT2D eigenvalue weighted by Crippen LogP contribution is -2.41. The van der Waals surface area contributed by atoms with Crippen LogP contribution in [0.1, 0.15) is 12.0 Å². The Kier molecular flexibility index (Phi) is 6.63. The maximum Gasteiger partial charge on any atom is 0.256 e. The number of nitrogens with zero attached hydrogens (tertiary/aromatic N) is 1. The molecule has 0 fully saturated rings. The van der Waals surface area contributed by atoms with Crippen LogP contribution in [0.2, 0.25) is 0 Å². The van der Waals surface area contributed by atoms with Crippen molar-refractivity contribution >= 4 is 46.0 Å². The summed E-state index contributed by atoms with van der Waals surface area (Å²) in [6.45, 7) is -0.742. The molecule has 0 aliphatic carbocycles. The third-order valence-corrected chi connectivity index (χ3v) is 4.62. The first-order valence-corrected chi connectivity index (χ1v) is 9.43. The Morgan fingerprint density at radius 1 is 1.48 bits per heavy atom. The van der Waals surface area contributed by atoms with Gasteiger partial charge in [-0.15, -0.1) is 11.8 Å². The molecule has 0 saturated heterocycles. The van der Waals surface area contributed by atoms with E-state index in [-0.39, 0.29) is 11.3 Å². The summed E-state index contributed by atoms with van der Waals surface area (Å²) in [6, 6.07) is 4.22. The monoisotopic (exact) mass is 457 g/mol. The van der Waals surface area contributed by atoms with Gasteiger partial charge in [-0.1, -0.05) is 28.7 Å². The number of thioether (sulfide) groups is 1. The summed E-state index contributed by atoms with van der Waals surface area (Å²) in [7, 11) is 0. The van der Waals surface area contributed by atoms with Gasteiger partial charge < -0.3 is 9.64 Å². The number of ether oxygens (including phenoxy) is 1. The largest absolute Gasteiger partial charge is 0.483 e. The van der Waals surface area contributed by atoms with Crippen molar-refractivity contribution in [1.82, 2.24) is 4.90 Å². The molecule has 2 rings (SSSR count). The molecule has 1 heterocycles. The highest BCUT2D eigenvalue weighted by Crippen LogP contribution is 2.32. The van der Waals surface area contributed by atoms with Gasteiger partial charge in [0.25, 0.3) is 6.43 Å². The molecule has 0 aromatic heterocycles. The molecule has 0 saturated carbocycles. The van der Waals surface area contributed by atoms with Gasteiger partial charge in [-0.05, 0) is 24.8 Å². The van der Waals surface area contributed by atoms with Crippen LogP contribution < -0.4 is 4.74 Å². The minimum Gasteiger partial charge on any atom is -0.483 e. The maximum absolute atomic E-state index is 14.3. The van der Waals surface area contributed by atoms with E-state index in [1.807, 2.05) is 28.8 Å². The molecule has 1 aromatic carbocycles. The zero-order valence-electron chi connectivity index (χ0n) is 12.3. The fraction of sp³-hybridized carbons (Fsp3) is 0.400. The van der Waals surface area contributed by atoms with Crippen LogP contribution in [-0.2, 0) is 4.79 Å². The van der Waals surface area contributed by atoms with Crippen LogP contribution in [0.5, 0.6) is 5.75 Å². The SMILES string of the molecule is CSCOc1ccc(C2=CCC(I)C(=O)N2CC(F)F)c(F)c1. The normalized spacial score (nSPS) is 18.3. The number of amides is 1. The molecule has 1 aromatic rings. The molecule has 3 nitrogen and oxygen atoms in total. The number of alkyl halides is 3. The zero-order chi connectivity index (χ0) is 17.0. The first-order valence-electron chi connectivity index (χ1n) is 6.79. The third kappa shape index (κ3) is 4.56. The van der Waals surface area contributed by atoms with Gasteiger partial charge in [-0.2, -0.15) is 0 Å². The van der Waals surface area contributed by atoms with Crippen LogP contribution in [0.4, 0.5) is 13.2 Å². The Labute approximate surface area is 150 Å². The number of hydrogen-bond acceptors (Lipinski definition) is 3. The van der Waals surface area contributed by atoms with Crippen molar-refractivity contribution in [3.8, 4) is 5.75 Å². The highest BCUT2D eigenvalue weighted by atomic mass is 127.